The highest BCUT2D eigenvalue weighted by Gasteiger charge is 2.29. The Hall–Kier alpha value is -3.23. The zero-order valence-corrected chi connectivity index (χ0v) is 19.1. The molecule has 2 aromatic carbocycles. The van der Waals surface area contributed by atoms with Crippen LogP contribution in [0, 0.1) is 5.82 Å². The van der Waals surface area contributed by atoms with E-state index in [1.165, 1.54) is 24.5 Å². The van der Waals surface area contributed by atoms with Gasteiger partial charge in [-0.15, -0.1) is 11.3 Å². The molecule has 1 saturated heterocycles. The second-order valence-corrected chi connectivity index (χ2v) is 9.22. The van der Waals surface area contributed by atoms with Gasteiger partial charge in [0.2, 0.25) is 5.91 Å². The third-order valence-electron chi connectivity index (χ3n) is 6.18. The van der Waals surface area contributed by atoms with Gasteiger partial charge in [0.25, 0.3) is 5.91 Å². The van der Waals surface area contributed by atoms with Gasteiger partial charge >= 0.3 is 0 Å². The molecule has 1 aliphatic heterocycles. The fraction of sp³-hybridized carbons (Fsp3) is 0.280. The number of ether oxygens (including phenoxy) is 1. The number of halogens is 1. The predicted octanol–water partition coefficient (Wildman–Crippen LogP) is 4.20. The Morgan fingerprint density at radius 1 is 1.06 bits per heavy atom. The van der Waals surface area contributed by atoms with E-state index in [9.17, 15) is 14.0 Å². The summed E-state index contributed by atoms with van der Waals surface area (Å²) in [6.45, 7) is 2.02. The lowest BCUT2D eigenvalue weighted by atomic mass is 10.1. The average Bonchev–Trinajstić information content (AvgIpc) is 3.41. The van der Waals surface area contributed by atoms with Crippen LogP contribution in [0.1, 0.15) is 20.8 Å². The van der Waals surface area contributed by atoms with Crippen molar-refractivity contribution < 1.29 is 18.7 Å². The number of hydrogen-bond acceptors (Lipinski definition) is 4. The summed E-state index contributed by atoms with van der Waals surface area (Å²) >= 11 is 1.30. The van der Waals surface area contributed by atoms with Crippen molar-refractivity contribution in [1.29, 1.82) is 0 Å². The maximum absolute atomic E-state index is 14.5. The summed E-state index contributed by atoms with van der Waals surface area (Å²) in [7, 11) is 1.54. The summed E-state index contributed by atoms with van der Waals surface area (Å²) in [4.78, 5) is 33.5. The predicted molar refractivity (Wildman–Crippen MR) is 127 cm³/mol. The van der Waals surface area contributed by atoms with Crippen molar-refractivity contribution in [1.82, 2.24) is 14.8 Å². The number of thiophene rings is 1. The number of hydrogen-bond donors (Lipinski definition) is 1. The van der Waals surface area contributed by atoms with Crippen molar-refractivity contribution in [2.24, 2.45) is 0 Å². The van der Waals surface area contributed by atoms with Crippen LogP contribution in [0.3, 0.4) is 0 Å². The smallest absolute Gasteiger partial charge is 0.264 e. The minimum atomic E-state index is -0.345. The number of rotatable bonds is 5. The van der Waals surface area contributed by atoms with Gasteiger partial charge < -0.3 is 19.5 Å². The van der Waals surface area contributed by atoms with E-state index in [4.69, 9.17) is 4.74 Å². The molecule has 8 heteroatoms. The summed E-state index contributed by atoms with van der Waals surface area (Å²) < 4.78 is 20.5. The maximum Gasteiger partial charge on any atom is 0.264 e. The highest BCUT2D eigenvalue weighted by molar-refractivity contribution is 7.21. The molecule has 2 amide bonds. The summed E-state index contributed by atoms with van der Waals surface area (Å²) in [5.74, 6) is -0.426. The second-order valence-electron chi connectivity index (χ2n) is 8.16. The molecule has 0 radical (unpaired) electrons. The Balaban J connectivity index is 1.28. The molecule has 0 saturated carbocycles. The SMILES string of the molecule is COCc1c(C(=O)N2CCN(C(=O)Cc3c[nH]c4ccccc34)CC2)sc2cccc(F)c12. The number of carbonyl (C=O) groups is 2. The summed E-state index contributed by atoms with van der Waals surface area (Å²) in [6.07, 6.45) is 2.21. The van der Waals surface area contributed by atoms with Gasteiger partial charge in [0.1, 0.15) is 5.82 Å². The zero-order valence-electron chi connectivity index (χ0n) is 18.3. The Labute approximate surface area is 194 Å². The lowest BCUT2D eigenvalue weighted by Crippen LogP contribution is -2.51. The van der Waals surface area contributed by atoms with E-state index in [-0.39, 0.29) is 24.2 Å². The number of nitrogens with zero attached hydrogens (tertiary/aromatic N) is 2. The molecule has 170 valence electrons. The van der Waals surface area contributed by atoms with Crippen molar-refractivity contribution in [3.8, 4) is 0 Å². The molecule has 1 fully saturated rings. The first-order valence-electron chi connectivity index (χ1n) is 10.9. The molecule has 0 aliphatic carbocycles. The van der Waals surface area contributed by atoms with Crippen molar-refractivity contribution in [3.63, 3.8) is 0 Å². The van der Waals surface area contributed by atoms with Crippen molar-refractivity contribution in [3.05, 3.63) is 70.5 Å². The first-order chi connectivity index (χ1) is 16.1. The quantitative estimate of drug-likeness (QED) is 0.481. The number of benzene rings is 2. The molecule has 5 rings (SSSR count). The molecule has 0 unspecified atom stereocenters. The molecule has 33 heavy (non-hydrogen) atoms. The molecular formula is C25H24FN3O3S. The van der Waals surface area contributed by atoms with Crippen LogP contribution in [0.25, 0.3) is 21.0 Å². The molecule has 1 N–H and O–H groups in total. The molecule has 4 aromatic rings. The third-order valence-corrected chi connectivity index (χ3v) is 7.37. The van der Waals surface area contributed by atoms with Gasteiger partial charge in [-0.3, -0.25) is 9.59 Å². The lowest BCUT2D eigenvalue weighted by molar-refractivity contribution is -0.131. The third kappa shape index (κ3) is 4.00. The van der Waals surface area contributed by atoms with Crippen molar-refractivity contribution in [2.75, 3.05) is 33.3 Å². The number of amides is 2. The molecule has 0 spiro atoms. The number of fused-ring (bicyclic) bond motifs is 2. The van der Waals surface area contributed by atoms with Crippen LogP contribution in [0.4, 0.5) is 4.39 Å². The largest absolute Gasteiger partial charge is 0.380 e. The van der Waals surface area contributed by atoms with Gasteiger partial charge in [0.15, 0.2) is 0 Å². The van der Waals surface area contributed by atoms with Gasteiger partial charge in [-0.25, -0.2) is 4.39 Å². The molecular weight excluding hydrogens is 441 g/mol. The van der Waals surface area contributed by atoms with E-state index in [1.54, 1.807) is 11.0 Å². The van der Waals surface area contributed by atoms with E-state index in [0.717, 1.165) is 21.2 Å². The van der Waals surface area contributed by atoms with Crippen LogP contribution in [0.15, 0.2) is 48.7 Å². The Morgan fingerprint density at radius 2 is 1.82 bits per heavy atom. The topological polar surface area (TPSA) is 65.6 Å². The van der Waals surface area contributed by atoms with E-state index >= 15 is 0 Å². The van der Waals surface area contributed by atoms with Crippen LogP contribution in [0.2, 0.25) is 0 Å². The molecule has 0 bridgehead atoms. The average molecular weight is 466 g/mol. The Kier molecular flexibility index (Phi) is 5.86. The number of piperazine rings is 1. The molecule has 2 aromatic heterocycles. The number of methoxy groups -OCH3 is 1. The zero-order chi connectivity index (χ0) is 22.9. The summed E-state index contributed by atoms with van der Waals surface area (Å²) in [6, 6.07) is 12.8. The number of nitrogens with one attached hydrogen (secondary N) is 1. The van der Waals surface area contributed by atoms with Crippen LogP contribution in [0.5, 0.6) is 0 Å². The van der Waals surface area contributed by atoms with Crippen LogP contribution in [-0.4, -0.2) is 59.9 Å². The van der Waals surface area contributed by atoms with E-state index in [0.29, 0.717) is 48.4 Å². The molecule has 6 nitrogen and oxygen atoms in total. The van der Waals surface area contributed by atoms with Crippen LogP contribution >= 0.6 is 11.3 Å². The first kappa shape index (κ1) is 21.6. The maximum atomic E-state index is 14.5. The lowest BCUT2D eigenvalue weighted by Gasteiger charge is -2.34. The first-order valence-corrected chi connectivity index (χ1v) is 11.7. The molecule has 3 heterocycles. The summed E-state index contributed by atoms with van der Waals surface area (Å²) in [5, 5.41) is 1.52. The van der Waals surface area contributed by atoms with Crippen LogP contribution < -0.4 is 0 Å². The van der Waals surface area contributed by atoms with Gasteiger partial charge in [-0.2, -0.15) is 0 Å². The molecule has 1 aliphatic rings. The van der Waals surface area contributed by atoms with Crippen molar-refractivity contribution >= 4 is 44.1 Å². The Morgan fingerprint density at radius 3 is 2.61 bits per heavy atom. The standard InChI is InChI=1S/C25H24FN3O3S/c1-32-15-18-23-19(26)6-4-8-21(23)33-24(18)25(31)29-11-9-28(10-12-29)22(30)13-16-14-27-20-7-3-2-5-17(16)20/h2-8,14,27H,9-13,15H2,1H3. The van der Waals surface area contributed by atoms with E-state index < -0.39 is 0 Å². The van der Waals surface area contributed by atoms with Gasteiger partial charge in [-0.05, 0) is 23.8 Å². The normalized spacial score (nSPS) is 14.4. The van der Waals surface area contributed by atoms with Crippen LogP contribution in [-0.2, 0) is 22.6 Å². The number of carbonyl (C=O) groups excluding carboxylic acids is 2. The number of H-pyrrole nitrogens is 1. The second kappa shape index (κ2) is 8.96. The molecule has 0 atom stereocenters. The van der Waals surface area contributed by atoms with E-state index in [1.807, 2.05) is 41.4 Å². The van der Waals surface area contributed by atoms with Crippen molar-refractivity contribution in [2.45, 2.75) is 13.0 Å². The van der Waals surface area contributed by atoms with Gasteiger partial charge in [-0.1, -0.05) is 24.3 Å². The number of aromatic nitrogens is 1. The van der Waals surface area contributed by atoms with Gasteiger partial charge in [0, 0.05) is 66.0 Å². The monoisotopic (exact) mass is 465 g/mol. The minimum Gasteiger partial charge on any atom is -0.380 e. The number of aromatic amines is 1. The highest BCUT2D eigenvalue weighted by atomic mass is 32.1. The fourth-order valence-electron chi connectivity index (χ4n) is 4.48. The van der Waals surface area contributed by atoms with E-state index in [2.05, 4.69) is 4.98 Å². The fourth-order valence-corrected chi connectivity index (χ4v) is 5.67. The number of para-hydroxylation sites is 1. The highest BCUT2D eigenvalue weighted by Crippen LogP contribution is 2.34. The summed E-state index contributed by atoms with van der Waals surface area (Å²) in [5.41, 5.74) is 2.59. The minimum absolute atomic E-state index is 0.0517. The Bertz CT molecular complexity index is 1340. The van der Waals surface area contributed by atoms with Gasteiger partial charge in [0.05, 0.1) is 17.9 Å².